The SMILES string of the molecule is CCCCCNC(=O)c1ccc(Cl)c(S(=O)(=O)N(CC)CC)c1. The molecular weight excluding hydrogens is 336 g/mol. The highest BCUT2D eigenvalue weighted by molar-refractivity contribution is 7.89. The van der Waals surface area contributed by atoms with Gasteiger partial charge in [-0.15, -0.1) is 0 Å². The fourth-order valence-electron chi connectivity index (χ4n) is 2.22. The summed E-state index contributed by atoms with van der Waals surface area (Å²) >= 11 is 6.05. The van der Waals surface area contributed by atoms with E-state index < -0.39 is 10.0 Å². The highest BCUT2D eigenvalue weighted by atomic mass is 35.5. The van der Waals surface area contributed by atoms with Crippen LogP contribution in [0.25, 0.3) is 0 Å². The van der Waals surface area contributed by atoms with Crippen LogP contribution in [0.3, 0.4) is 0 Å². The molecule has 1 N–H and O–H groups in total. The lowest BCUT2D eigenvalue weighted by Crippen LogP contribution is -2.31. The average molecular weight is 361 g/mol. The average Bonchev–Trinajstić information content (AvgIpc) is 2.52. The molecule has 0 bridgehead atoms. The first-order valence-electron chi connectivity index (χ1n) is 7.96. The van der Waals surface area contributed by atoms with E-state index in [0.717, 1.165) is 19.3 Å². The first kappa shape index (κ1) is 19.9. The smallest absolute Gasteiger partial charge is 0.251 e. The van der Waals surface area contributed by atoms with Gasteiger partial charge < -0.3 is 5.32 Å². The highest BCUT2D eigenvalue weighted by Gasteiger charge is 2.25. The summed E-state index contributed by atoms with van der Waals surface area (Å²) in [6.45, 7) is 6.89. The van der Waals surface area contributed by atoms with E-state index in [1.807, 2.05) is 0 Å². The number of hydrogen-bond donors (Lipinski definition) is 1. The van der Waals surface area contributed by atoms with Crippen molar-refractivity contribution in [3.63, 3.8) is 0 Å². The Morgan fingerprint density at radius 2 is 1.83 bits per heavy atom. The second-order valence-corrected chi connectivity index (χ2v) is 7.51. The van der Waals surface area contributed by atoms with Gasteiger partial charge in [-0.1, -0.05) is 45.2 Å². The van der Waals surface area contributed by atoms with E-state index >= 15 is 0 Å². The van der Waals surface area contributed by atoms with E-state index in [9.17, 15) is 13.2 Å². The molecule has 5 nitrogen and oxygen atoms in total. The molecule has 0 spiro atoms. The van der Waals surface area contributed by atoms with Crippen LogP contribution in [-0.2, 0) is 10.0 Å². The summed E-state index contributed by atoms with van der Waals surface area (Å²) < 4.78 is 26.5. The van der Waals surface area contributed by atoms with E-state index in [2.05, 4.69) is 12.2 Å². The number of sulfonamides is 1. The van der Waals surface area contributed by atoms with E-state index in [0.29, 0.717) is 25.2 Å². The number of nitrogens with zero attached hydrogens (tertiary/aromatic N) is 1. The third-order valence-corrected chi connectivity index (χ3v) is 6.11. The van der Waals surface area contributed by atoms with Crippen molar-refractivity contribution in [3.8, 4) is 0 Å². The molecule has 1 aromatic rings. The number of nitrogens with one attached hydrogen (secondary N) is 1. The highest BCUT2D eigenvalue weighted by Crippen LogP contribution is 2.25. The second kappa shape index (κ2) is 9.25. The van der Waals surface area contributed by atoms with Gasteiger partial charge in [0, 0.05) is 25.2 Å². The predicted molar refractivity (Wildman–Crippen MR) is 93.4 cm³/mol. The Bertz CT molecular complexity index is 628. The summed E-state index contributed by atoms with van der Waals surface area (Å²) in [5.41, 5.74) is 0.302. The van der Waals surface area contributed by atoms with Gasteiger partial charge in [0.15, 0.2) is 0 Å². The molecule has 23 heavy (non-hydrogen) atoms. The Balaban J connectivity index is 3.02. The van der Waals surface area contributed by atoms with Gasteiger partial charge >= 0.3 is 0 Å². The van der Waals surface area contributed by atoms with Crippen molar-refractivity contribution in [2.45, 2.75) is 44.9 Å². The molecule has 0 saturated heterocycles. The van der Waals surface area contributed by atoms with E-state index in [-0.39, 0.29) is 15.8 Å². The maximum atomic E-state index is 12.6. The van der Waals surface area contributed by atoms with Crippen LogP contribution >= 0.6 is 11.6 Å². The number of unbranched alkanes of at least 4 members (excludes halogenated alkanes) is 2. The first-order valence-corrected chi connectivity index (χ1v) is 9.78. The quantitative estimate of drug-likeness (QED) is 0.687. The number of amides is 1. The van der Waals surface area contributed by atoms with E-state index in [1.54, 1.807) is 19.9 Å². The van der Waals surface area contributed by atoms with Crippen molar-refractivity contribution in [1.29, 1.82) is 0 Å². The van der Waals surface area contributed by atoms with Crippen molar-refractivity contribution in [1.82, 2.24) is 9.62 Å². The van der Waals surface area contributed by atoms with Gasteiger partial charge in [-0.05, 0) is 24.6 Å². The van der Waals surface area contributed by atoms with Crippen molar-refractivity contribution in [3.05, 3.63) is 28.8 Å². The zero-order valence-electron chi connectivity index (χ0n) is 13.9. The van der Waals surface area contributed by atoms with Gasteiger partial charge in [0.1, 0.15) is 4.90 Å². The van der Waals surface area contributed by atoms with Gasteiger partial charge in [-0.2, -0.15) is 4.31 Å². The lowest BCUT2D eigenvalue weighted by Gasteiger charge is -2.19. The van der Waals surface area contributed by atoms with Gasteiger partial charge in [0.2, 0.25) is 10.0 Å². The standard InChI is InChI=1S/C16H25ClN2O3S/c1-4-7-8-11-18-16(20)13-9-10-14(17)15(12-13)23(21,22)19(5-2)6-3/h9-10,12H,4-8,11H2,1-3H3,(H,18,20). The van der Waals surface area contributed by atoms with Gasteiger partial charge in [0.25, 0.3) is 5.91 Å². The van der Waals surface area contributed by atoms with Crippen molar-refractivity contribution in [2.75, 3.05) is 19.6 Å². The van der Waals surface area contributed by atoms with Gasteiger partial charge in [0.05, 0.1) is 5.02 Å². The number of halogens is 1. The Kier molecular flexibility index (Phi) is 8.02. The molecule has 0 aromatic heterocycles. The molecule has 1 amide bonds. The molecule has 0 heterocycles. The van der Waals surface area contributed by atoms with Gasteiger partial charge in [-0.25, -0.2) is 8.42 Å². The Labute approximate surface area is 144 Å². The minimum absolute atomic E-state index is 0.0240. The van der Waals surface area contributed by atoms with Crippen LogP contribution in [0.4, 0.5) is 0 Å². The topological polar surface area (TPSA) is 66.5 Å². The fourth-order valence-corrected chi connectivity index (χ4v) is 4.18. The molecule has 0 saturated carbocycles. The summed E-state index contributed by atoms with van der Waals surface area (Å²) in [5, 5.41) is 2.92. The largest absolute Gasteiger partial charge is 0.352 e. The zero-order valence-corrected chi connectivity index (χ0v) is 15.5. The number of carbonyl (C=O) groups is 1. The lowest BCUT2D eigenvalue weighted by molar-refractivity contribution is 0.0952. The molecule has 0 atom stereocenters. The molecule has 0 radical (unpaired) electrons. The Hall–Kier alpha value is -1.11. The summed E-state index contributed by atoms with van der Waals surface area (Å²) in [5.74, 6) is -0.284. The summed E-state index contributed by atoms with van der Waals surface area (Å²) in [6, 6.07) is 4.35. The van der Waals surface area contributed by atoms with E-state index in [4.69, 9.17) is 11.6 Å². The molecule has 0 unspecified atom stereocenters. The first-order chi connectivity index (χ1) is 10.9. The molecule has 130 valence electrons. The summed E-state index contributed by atoms with van der Waals surface area (Å²) in [7, 11) is -3.70. The molecule has 0 aliphatic rings. The summed E-state index contributed by atoms with van der Waals surface area (Å²) in [4.78, 5) is 12.1. The minimum atomic E-state index is -3.70. The summed E-state index contributed by atoms with van der Waals surface area (Å²) in [6.07, 6.45) is 3.02. The van der Waals surface area contributed by atoms with Crippen LogP contribution in [0.15, 0.2) is 23.1 Å². The van der Waals surface area contributed by atoms with Crippen LogP contribution in [0.2, 0.25) is 5.02 Å². The Morgan fingerprint density at radius 1 is 1.17 bits per heavy atom. The van der Waals surface area contributed by atoms with Crippen LogP contribution in [0.1, 0.15) is 50.4 Å². The number of carbonyl (C=O) groups excluding carboxylic acids is 1. The monoisotopic (exact) mass is 360 g/mol. The molecular formula is C16H25ClN2O3S. The van der Waals surface area contributed by atoms with Crippen LogP contribution in [0.5, 0.6) is 0 Å². The molecule has 0 aliphatic carbocycles. The molecule has 1 rings (SSSR count). The van der Waals surface area contributed by atoms with E-state index in [1.165, 1.54) is 16.4 Å². The van der Waals surface area contributed by atoms with Crippen molar-refractivity contribution < 1.29 is 13.2 Å². The van der Waals surface area contributed by atoms with Crippen molar-refractivity contribution in [2.24, 2.45) is 0 Å². The van der Waals surface area contributed by atoms with Gasteiger partial charge in [-0.3, -0.25) is 4.79 Å². The third-order valence-electron chi connectivity index (χ3n) is 3.58. The molecule has 7 heteroatoms. The normalized spacial score (nSPS) is 11.7. The molecule has 1 aromatic carbocycles. The molecule has 0 fully saturated rings. The fraction of sp³-hybridized carbons (Fsp3) is 0.562. The Morgan fingerprint density at radius 3 is 2.39 bits per heavy atom. The molecule has 0 aliphatic heterocycles. The maximum Gasteiger partial charge on any atom is 0.251 e. The van der Waals surface area contributed by atoms with Crippen LogP contribution < -0.4 is 5.32 Å². The second-order valence-electron chi connectivity index (χ2n) is 5.20. The third kappa shape index (κ3) is 5.19. The minimum Gasteiger partial charge on any atom is -0.352 e. The van der Waals surface area contributed by atoms with Crippen LogP contribution in [-0.4, -0.2) is 38.3 Å². The maximum absolute atomic E-state index is 12.6. The lowest BCUT2D eigenvalue weighted by atomic mass is 10.2. The number of rotatable bonds is 9. The number of benzene rings is 1. The van der Waals surface area contributed by atoms with Crippen LogP contribution in [0, 0.1) is 0 Å². The predicted octanol–water partition coefficient (Wildman–Crippen LogP) is 3.29. The zero-order chi connectivity index (χ0) is 17.5. The van der Waals surface area contributed by atoms with Crippen molar-refractivity contribution >= 4 is 27.5 Å². The number of hydrogen-bond acceptors (Lipinski definition) is 3.